The predicted octanol–water partition coefficient (Wildman–Crippen LogP) is 3.54. The molecule has 0 saturated heterocycles. The summed E-state index contributed by atoms with van der Waals surface area (Å²) in [7, 11) is 0. The Morgan fingerprint density at radius 1 is 1.15 bits per heavy atom. The van der Waals surface area contributed by atoms with Crippen LogP contribution in [-0.2, 0) is 6.54 Å². The van der Waals surface area contributed by atoms with E-state index < -0.39 is 0 Å². The number of hydrogen-bond acceptors (Lipinski definition) is 4. The van der Waals surface area contributed by atoms with Gasteiger partial charge in [-0.15, -0.1) is 0 Å². The van der Waals surface area contributed by atoms with Gasteiger partial charge in [-0.05, 0) is 36.8 Å². The first-order valence-corrected chi connectivity index (χ1v) is 8.98. The summed E-state index contributed by atoms with van der Waals surface area (Å²) >= 11 is 6.44. The largest absolute Gasteiger partial charge is 0.486 e. The lowest BCUT2D eigenvalue weighted by Gasteiger charge is -2.19. The minimum Gasteiger partial charge on any atom is -0.486 e. The fourth-order valence-electron chi connectivity index (χ4n) is 2.97. The molecule has 1 aromatic heterocycles. The third-order valence-electron chi connectivity index (χ3n) is 4.29. The van der Waals surface area contributed by atoms with Crippen LogP contribution in [0.1, 0.15) is 21.6 Å². The molecule has 1 N–H and O–H groups in total. The highest BCUT2D eigenvalue weighted by Crippen LogP contribution is 2.30. The summed E-state index contributed by atoms with van der Waals surface area (Å²) in [6.45, 7) is 3.19. The van der Waals surface area contributed by atoms with Crippen molar-refractivity contribution in [1.29, 1.82) is 0 Å². The number of nitrogens with zero attached hydrogens (tertiary/aromatic N) is 2. The number of nitrogens with one attached hydrogen (secondary N) is 1. The van der Waals surface area contributed by atoms with Crippen LogP contribution < -0.4 is 14.8 Å². The number of amides is 1. The van der Waals surface area contributed by atoms with Crippen molar-refractivity contribution < 1.29 is 14.3 Å². The molecule has 1 amide bonds. The number of ether oxygens (including phenoxy) is 2. The number of aromatic nitrogens is 2. The van der Waals surface area contributed by atoms with Crippen molar-refractivity contribution in [2.24, 2.45) is 0 Å². The number of halogens is 1. The molecule has 0 unspecified atom stereocenters. The van der Waals surface area contributed by atoms with E-state index in [1.807, 2.05) is 48.5 Å². The first kappa shape index (κ1) is 17.4. The lowest BCUT2D eigenvalue weighted by atomic mass is 10.2. The molecule has 0 fully saturated rings. The zero-order valence-electron chi connectivity index (χ0n) is 14.7. The van der Waals surface area contributed by atoms with Gasteiger partial charge in [-0.3, -0.25) is 4.79 Å². The highest BCUT2D eigenvalue weighted by molar-refractivity contribution is 6.33. The van der Waals surface area contributed by atoms with Crippen LogP contribution in [0, 0.1) is 6.92 Å². The zero-order chi connectivity index (χ0) is 18.8. The van der Waals surface area contributed by atoms with Gasteiger partial charge in [0.1, 0.15) is 18.4 Å². The number of fused-ring (bicyclic) bond motifs is 1. The molecule has 2 heterocycles. The third-order valence-corrected chi connectivity index (χ3v) is 4.64. The minimum atomic E-state index is -0.269. The Kier molecular flexibility index (Phi) is 4.73. The molecular weight excluding hydrogens is 366 g/mol. The van der Waals surface area contributed by atoms with Crippen LogP contribution in [0.3, 0.4) is 0 Å². The summed E-state index contributed by atoms with van der Waals surface area (Å²) in [4.78, 5) is 12.7. The standard InChI is InChI=1S/C20H18ClN3O3/c1-13-18(19(21)24(23-13)15-5-3-2-4-6-15)20(25)22-12-14-7-8-16-17(11-14)27-10-9-26-16/h2-8,11H,9-10,12H2,1H3,(H,22,25). The normalized spacial score (nSPS) is 12.7. The van der Waals surface area contributed by atoms with Crippen molar-refractivity contribution in [3.63, 3.8) is 0 Å². The fraction of sp³-hybridized carbons (Fsp3) is 0.200. The fourth-order valence-corrected chi connectivity index (χ4v) is 3.32. The van der Waals surface area contributed by atoms with E-state index in [1.54, 1.807) is 11.6 Å². The van der Waals surface area contributed by atoms with Gasteiger partial charge in [0.2, 0.25) is 0 Å². The molecule has 0 radical (unpaired) electrons. The highest BCUT2D eigenvalue weighted by Gasteiger charge is 2.21. The van der Waals surface area contributed by atoms with Gasteiger partial charge in [0.05, 0.1) is 16.9 Å². The zero-order valence-corrected chi connectivity index (χ0v) is 15.5. The molecule has 0 spiro atoms. The Morgan fingerprint density at radius 3 is 2.67 bits per heavy atom. The molecule has 3 aromatic rings. The average molecular weight is 384 g/mol. The second-order valence-corrected chi connectivity index (χ2v) is 6.52. The summed E-state index contributed by atoms with van der Waals surface area (Å²) in [6, 6.07) is 15.1. The predicted molar refractivity (Wildman–Crippen MR) is 102 cm³/mol. The molecule has 4 rings (SSSR count). The van der Waals surface area contributed by atoms with Crippen molar-refractivity contribution in [2.45, 2.75) is 13.5 Å². The first-order chi connectivity index (χ1) is 13.1. The Labute approximate surface area is 161 Å². The summed E-state index contributed by atoms with van der Waals surface area (Å²) in [5.41, 5.74) is 2.66. The molecule has 0 aliphatic carbocycles. The number of hydrogen-bond donors (Lipinski definition) is 1. The number of para-hydroxylation sites is 1. The Balaban J connectivity index is 1.51. The van der Waals surface area contributed by atoms with E-state index in [0.717, 1.165) is 17.0 Å². The van der Waals surface area contributed by atoms with Gasteiger partial charge in [-0.25, -0.2) is 4.68 Å². The van der Waals surface area contributed by atoms with Crippen LogP contribution in [0.4, 0.5) is 0 Å². The van der Waals surface area contributed by atoms with Crippen molar-refractivity contribution in [3.8, 4) is 17.2 Å². The molecule has 0 atom stereocenters. The maximum absolute atomic E-state index is 12.7. The summed E-state index contributed by atoms with van der Waals surface area (Å²) in [5.74, 6) is 1.15. The number of carbonyl (C=O) groups is 1. The molecule has 2 aromatic carbocycles. The lowest BCUT2D eigenvalue weighted by Crippen LogP contribution is -2.23. The van der Waals surface area contributed by atoms with Crippen molar-refractivity contribution in [2.75, 3.05) is 13.2 Å². The lowest BCUT2D eigenvalue weighted by molar-refractivity contribution is 0.0950. The molecular formula is C20H18ClN3O3. The first-order valence-electron chi connectivity index (χ1n) is 8.61. The summed E-state index contributed by atoms with van der Waals surface area (Å²) < 4.78 is 12.6. The van der Waals surface area contributed by atoms with E-state index in [4.69, 9.17) is 21.1 Å². The quantitative estimate of drug-likeness (QED) is 0.748. The molecule has 0 saturated carbocycles. The minimum absolute atomic E-state index is 0.269. The van der Waals surface area contributed by atoms with Gasteiger partial charge in [0, 0.05) is 6.54 Å². The van der Waals surface area contributed by atoms with Crippen molar-refractivity contribution >= 4 is 17.5 Å². The number of aryl methyl sites for hydroxylation is 1. The second kappa shape index (κ2) is 7.32. The van der Waals surface area contributed by atoms with E-state index in [1.165, 1.54) is 0 Å². The number of carbonyl (C=O) groups excluding carboxylic acids is 1. The Bertz CT molecular complexity index is 986. The van der Waals surface area contributed by atoms with Gasteiger partial charge >= 0.3 is 0 Å². The third kappa shape index (κ3) is 3.48. The molecule has 7 heteroatoms. The van der Waals surface area contributed by atoms with Crippen LogP contribution in [0.15, 0.2) is 48.5 Å². The molecule has 1 aliphatic rings. The van der Waals surface area contributed by atoms with E-state index in [-0.39, 0.29) is 5.91 Å². The maximum Gasteiger partial charge on any atom is 0.256 e. The van der Waals surface area contributed by atoms with Crippen molar-refractivity contribution in [1.82, 2.24) is 15.1 Å². The molecule has 27 heavy (non-hydrogen) atoms. The second-order valence-electron chi connectivity index (χ2n) is 6.16. The van der Waals surface area contributed by atoms with Crippen LogP contribution in [-0.4, -0.2) is 28.9 Å². The molecule has 0 bridgehead atoms. The highest BCUT2D eigenvalue weighted by atomic mass is 35.5. The number of rotatable bonds is 4. The van der Waals surface area contributed by atoms with Gasteiger partial charge in [-0.2, -0.15) is 5.10 Å². The van der Waals surface area contributed by atoms with Crippen LogP contribution in [0.5, 0.6) is 11.5 Å². The van der Waals surface area contributed by atoms with Gasteiger partial charge in [-0.1, -0.05) is 35.9 Å². The van der Waals surface area contributed by atoms with E-state index >= 15 is 0 Å². The van der Waals surface area contributed by atoms with Crippen LogP contribution >= 0.6 is 11.6 Å². The topological polar surface area (TPSA) is 65.4 Å². The monoisotopic (exact) mass is 383 g/mol. The summed E-state index contributed by atoms with van der Waals surface area (Å²) in [5, 5.41) is 7.59. The van der Waals surface area contributed by atoms with E-state index in [0.29, 0.717) is 41.9 Å². The van der Waals surface area contributed by atoms with Crippen molar-refractivity contribution in [3.05, 3.63) is 70.5 Å². The Morgan fingerprint density at radius 2 is 1.89 bits per heavy atom. The van der Waals surface area contributed by atoms with E-state index in [9.17, 15) is 4.79 Å². The number of benzene rings is 2. The molecule has 1 aliphatic heterocycles. The SMILES string of the molecule is Cc1nn(-c2ccccc2)c(Cl)c1C(=O)NCc1ccc2c(c1)OCCO2. The summed E-state index contributed by atoms with van der Waals surface area (Å²) in [6.07, 6.45) is 0. The average Bonchev–Trinajstić information content (AvgIpc) is 3.01. The van der Waals surface area contributed by atoms with Gasteiger partial charge in [0.15, 0.2) is 11.5 Å². The molecule has 138 valence electrons. The molecule has 6 nitrogen and oxygen atoms in total. The van der Waals surface area contributed by atoms with Crippen LogP contribution in [0.25, 0.3) is 5.69 Å². The smallest absolute Gasteiger partial charge is 0.256 e. The Hall–Kier alpha value is -2.99. The maximum atomic E-state index is 12.7. The van der Waals surface area contributed by atoms with Gasteiger partial charge < -0.3 is 14.8 Å². The van der Waals surface area contributed by atoms with Gasteiger partial charge in [0.25, 0.3) is 5.91 Å². The van der Waals surface area contributed by atoms with Crippen LogP contribution in [0.2, 0.25) is 5.15 Å². The van der Waals surface area contributed by atoms with E-state index in [2.05, 4.69) is 10.4 Å².